The Labute approximate surface area is 112 Å². The van der Waals surface area contributed by atoms with Crippen molar-refractivity contribution in [3.63, 3.8) is 0 Å². The monoisotopic (exact) mass is 268 g/mol. The Balaban J connectivity index is 2.25. The number of allylic oxidation sites excluding steroid dienone is 1. The van der Waals surface area contributed by atoms with Crippen molar-refractivity contribution in [1.82, 2.24) is 0 Å². The van der Waals surface area contributed by atoms with Gasteiger partial charge in [-0.1, -0.05) is 6.08 Å². The summed E-state index contributed by atoms with van der Waals surface area (Å²) in [5.74, 6) is -0.538. The summed E-state index contributed by atoms with van der Waals surface area (Å²) in [5, 5.41) is 9.42. The molecule has 2 rings (SSSR count). The predicted octanol–water partition coefficient (Wildman–Crippen LogP) is 1.38. The molecule has 19 heavy (non-hydrogen) atoms. The molecule has 1 aliphatic heterocycles. The standard InChI is InChI=1S/C14H20O5/c1-8(2)19-14-12-9(6-15)4-5-10(12)11(7-18-14)13(16)17-3/h4,7-8,10,12,14-15H,5-6H2,1-3H3/t10?,12-,14+/m1/s1. The SMILES string of the molecule is COC(=O)C1=CO[C@@H](OC(C)C)[C@@H]2C(CO)=CCC12. The summed E-state index contributed by atoms with van der Waals surface area (Å²) >= 11 is 0. The second kappa shape index (κ2) is 5.75. The van der Waals surface area contributed by atoms with Gasteiger partial charge in [0.15, 0.2) is 0 Å². The van der Waals surface area contributed by atoms with E-state index in [2.05, 4.69) is 0 Å². The number of carbonyl (C=O) groups is 1. The third-order valence-electron chi connectivity index (χ3n) is 3.53. The first-order valence-corrected chi connectivity index (χ1v) is 6.47. The molecule has 1 unspecified atom stereocenters. The second-order valence-corrected chi connectivity index (χ2v) is 5.06. The number of fused-ring (bicyclic) bond motifs is 1. The Morgan fingerprint density at radius 3 is 2.89 bits per heavy atom. The van der Waals surface area contributed by atoms with Crippen molar-refractivity contribution in [2.75, 3.05) is 13.7 Å². The van der Waals surface area contributed by atoms with Gasteiger partial charge in [-0.2, -0.15) is 0 Å². The molecule has 0 saturated carbocycles. The normalized spacial score (nSPS) is 29.4. The van der Waals surface area contributed by atoms with Crippen molar-refractivity contribution in [1.29, 1.82) is 0 Å². The number of esters is 1. The van der Waals surface area contributed by atoms with Crippen molar-refractivity contribution in [3.05, 3.63) is 23.5 Å². The topological polar surface area (TPSA) is 65.0 Å². The number of ether oxygens (including phenoxy) is 3. The summed E-state index contributed by atoms with van der Waals surface area (Å²) in [7, 11) is 1.35. The van der Waals surface area contributed by atoms with Crippen LogP contribution in [0.1, 0.15) is 20.3 Å². The molecule has 1 heterocycles. The molecule has 0 bridgehead atoms. The zero-order valence-electron chi connectivity index (χ0n) is 11.5. The van der Waals surface area contributed by atoms with Crippen LogP contribution in [0, 0.1) is 11.8 Å². The molecule has 0 saturated heterocycles. The molecule has 0 fully saturated rings. The highest BCUT2D eigenvalue weighted by atomic mass is 16.7. The number of hydrogen-bond acceptors (Lipinski definition) is 5. The molecule has 2 aliphatic rings. The van der Waals surface area contributed by atoms with E-state index in [1.54, 1.807) is 0 Å². The van der Waals surface area contributed by atoms with E-state index >= 15 is 0 Å². The lowest BCUT2D eigenvalue weighted by molar-refractivity contribution is -0.172. The molecule has 3 atom stereocenters. The van der Waals surface area contributed by atoms with Crippen LogP contribution in [0.15, 0.2) is 23.5 Å². The maximum Gasteiger partial charge on any atom is 0.337 e. The Morgan fingerprint density at radius 1 is 1.58 bits per heavy atom. The summed E-state index contributed by atoms with van der Waals surface area (Å²) in [6, 6.07) is 0. The van der Waals surface area contributed by atoms with E-state index in [4.69, 9.17) is 14.2 Å². The number of carbonyl (C=O) groups excluding carboxylic acids is 1. The van der Waals surface area contributed by atoms with E-state index in [9.17, 15) is 9.90 Å². The Hall–Kier alpha value is -1.33. The maximum atomic E-state index is 11.7. The number of hydrogen-bond donors (Lipinski definition) is 1. The van der Waals surface area contributed by atoms with Gasteiger partial charge < -0.3 is 19.3 Å². The average molecular weight is 268 g/mol. The predicted molar refractivity (Wildman–Crippen MR) is 68.0 cm³/mol. The number of aliphatic hydroxyl groups is 1. The molecule has 1 aliphatic carbocycles. The minimum atomic E-state index is -0.459. The first-order chi connectivity index (χ1) is 9.08. The van der Waals surface area contributed by atoms with Gasteiger partial charge in [0.2, 0.25) is 6.29 Å². The largest absolute Gasteiger partial charge is 0.471 e. The summed E-state index contributed by atoms with van der Waals surface area (Å²) in [4.78, 5) is 11.7. The molecule has 0 aromatic carbocycles. The molecular formula is C14H20O5. The highest BCUT2D eigenvalue weighted by Gasteiger charge is 2.44. The lowest BCUT2D eigenvalue weighted by Gasteiger charge is -2.35. The van der Waals surface area contributed by atoms with Gasteiger partial charge in [-0.25, -0.2) is 4.79 Å². The van der Waals surface area contributed by atoms with Crippen LogP contribution in [-0.2, 0) is 19.0 Å². The van der Waals surface area contributed by atoms with Gasteiger partial charge in [0.1, 0.15) is 0 Å². The minimum absolute atomic E-state index is 0.0132. The fourth-order valence-corrected chi connectivity index (χ4v) is 2.69. The highest BCUT2D eigenvalue weighted by molar-refractivity contribution is 5.89. The van der Waals surface area contributed by atoms with Gasteiger partial charge in [0, 0.05) is 5.92 Å². The molecule has 0 spiro atoms. The smallest absolute Gasteiger partial charge is 0.337 e. The van der Waals surface area contributed by atoms with E-state index in [1.165, 1.54) is 13.4 Å². The number of aliphatic hydroxyl groups excluding tert-OH is 1. The minimum Gasteiger partial charge on any atom is -0.471 e. The van der Waals surface area contributed by atoms with Crippen LogP contribution in [0.3, 0.4) is 0 Å². The second-order valence-electron chi connectivity index (χ2n) is 5.06. The van der Waals surface area contributed by atoms with Crippen LogP contribution in [0.2, 0.25) is 0 Å². The van der Waals surface area contributed by atoms with Crippen LogP contribution in [0.5, 0.6) is 0 Å². The van der Waals surface area contributed by atoms with E-state index < -0.39 is 6.29 Å². The summed E-state index contributed by atoms with van der Waals surface area (Å²) < 4.78 is 16.0. The molecule has 1 N–H and O–H groups in total. The molecule has 0 radical (unpaired) electrons. The van der Waals surface area contributed by atoms with E-state index in [0.29, 0.717) is 12.0 Å². The molecule has 5 nitrogen and oxygen atoms in total. The fraction of sp³-hybridized carbons (Fsp3) is 0.643. The summed E-state index contributed by atoms with van der Waals surface area (Å²) in [6.45, 7) is 3.81. The van der Waals surface area contributed by atoms with Gasteiger partial charge in [-0.05, 0) is 25.8 Å². The quantitative estimate of drug-likeness (QED) is 0.616. The lowest BCUT2D eigenvalue weighted by atomic mass is 9.83. The molecule has 5 heteroatoms. The molecule has 0 aromatic rings. The Morgan fingerprint density at radius 2 is 2.32 bits per heavy atom. The first-order valence-electron chi connectivity index (χ1n) is 6.47. The van der Waals surface area contributed by atoms with E-state index in [0.717, 1.165) is 5.57 Å². The van der Waals surface area contributed by atoms with Crippen LogP contribution in [0.4, 0.5) is 0 Å². The van der Waals surface area contributed by atoms with Gasteiger partial charge in [-0.15, -0.1) is 0 Å². The summed E-state index contributed by atoms with van der Waals surface area (Å²) in [5.41, 5.74) is 1.38. The van der Waals surface area contributed by atoms with Crippen LogP contribution in [0.25, 0.3) is 0 Å². The third-order valence-corrected chi connectivity index (χ3v) is 3.53. The third kappa shape index (κ3) is 2.67. The van der Waals surface area contributed by atoms with Gasteiger partial charge >= 0.3 is 5.97 Å². The average Bonchev–Trinajstić information content (AvgIpc) is 2.82. The molecule has 0 amide bonds. The zero-order chi connectivity index (χ0) is 14.0. The zero-order valence-corrected chi connectivity index (χ0v) is 11.5. The van der Waals surface area contributed by atoms with Crippen molar-refractivity contribution in [3.8, 4) is 0 Å². The number of rotatable bonds is 4. The highest BCUT2D eigenvalue weighted by Crippen LogP contribution is 2.43. The van der Waals surface area contributed by atoms with Crippen molar-refractivity contribution >= 4 is 5.97 Å². The van der Waals surface area contributed by atoms with Crippen LogP contribution < -0.4 is 0 Å². The fourth-order valence-electron chi connectivity index (χ4n) is 2.69. The van der Waals surface area contributed by atoms with Crippen molar-refractivity contribution in [2.24, 2.45) is 11.8 Å². The summed E-state index contributed by atoms with van der Waals surface area (Å²) in [6.07, 6.45) is 3.65. The lowest BCUT2D eigenvalue weighted by Crippen LogP contribution is -2.38. The van der Waals surface area contributed by atoms with Crippen LogP contribution in [-0.4, -0.2) is 37.2 Å². The van der Waals surface area contributed by atoms with Gasteiger partial charge in [0.25, 0.3) is 0 Å². The molecule has 0 aromatic heterocycles. The van der Waals surface area contributed by atoms with Gasteiger partial charge in [-0.3, -0.25) is 0 Å². The maximum absolute atomic E-state index is 11.7. The van der Waals surface area contributed by atoms with E-state index in [1.807, 2.05) is 19.9 Å². The van der Waals surface area contributed by atoms with Crippen molar-refractivity contribution in [2.45, 2.75) is 32.7 Å². The molecule has 106 valence electrons. The van der Waals surface area contributed by atoms with Crippen LogP contribution >= 0.6 is 0 Å². The van der Waals surface area contributed by atoms with Crippen molar-refractivity contribution < 1.29 is 24.1 Å². The number of methoxy groups -OCH3 is 1. The van der Waals surface area contributed by atoms with Gasteiger partial charge in [0.05, 0.1) is 37.6 Å². The Bertz CT molecular complexity index is 410. The first kappa shape index (κ1) is 14.1. The molecular weight excluding hydrogens is 248 g/mol. The Kier molecular flexibility index (Phi) is 4.27. The van der Waals surface area contributed by atoms with E-state index in [-0.39, 0.29) is 30.5 Å².